The number of nitrogens with two attached hydrogens (primary N) is 2. The normalized spacial score (nSPS) is 26.5. The van der Waals surface area contributed by atoms with Gasteiger partial charge >= 0.3 is 23.5 Å². The molecule has 0 saturated carbocycles. The number of aliphatic hydroxyl groups is 2. The number of fused-ring (bicyclic) bond motifs is 1. The van der Waals surface area contributed by atoms with E-state index in [1.165, 1.54) is 6.92 Å². The van der Waals surface area contributed by atoms with Crippen LogP contribution in [0.15, 0.2) is 6.20 Å². The number of nitrogen functional groups attached to an aromatic ring is 1. The maximum atomic E-state index is 11.9. The van der Waals surface area contributed by atoms with Gasteiger partial charge in [-0.2, -0.15) is 8.62 Å². The van der Waals surface area contributed by atoms with Crippen molar-refractivity contribution in [2.45, 2.75) is 31.5 Å². The number of hydrogen-bond donors (Lipinski definition) is 8. The molecule has 0 bridgehead atoms. The van der Waals surface area contributed by atoms with Crippen LogP contribution in [0.2, 0.25) is 0 Å². The zero-order valence-corrected chi connectivity index (χ0v) is 20.1. The number of primary amides is 1. The lowest BCUT2D eigenvalue weighted by Crippen LogP contribution is -2.33. The first-order valence-electron chi connectivity index (χ1n) is 9.15. The van der Waals surface area contributed by atoms with Crippen LogP contribution in [0.1, 0.15) is 22.4 Å². The van der Waals surface area contributed by atoms with Gasteiger partial charge in [0, 0.05) is 6.20 Å². The SMILES string of the molecule is Cc1nc(N)c2c(C(N)=O)cn([C@@H]3O[C@H](COP(=O)(O)OP(=O)(O)OP(=O)(O)O)[C@@H](O)[C@H]3O)c2n1. The second-order valence-electron chi connectivity index (χ2n) is 7.10. The number of anilines is 1. The number of amides is 1. The molecule has 35 heavy (non-hydrogen) atoms. The molecule has 196 valence electrons. The zero-order valence-electron chi connectivity index (χ0n) is 17.4. The molecular weight excluding hydrogens is 543 g/mol. The van der Waals surface area contributed by atoms with E-state index in [9.17, 15) is 38.5 Å². The molecule has 0 aliphatic carbocycles. The molecule has 22 heteroatoms. The Labute approximate surface area is 194 Å². The molecule has 0 radical (unpaired) electrons. The minimum Gasteiger partial charge on any atom is -0.387 e. The van der Waals surface area contributed by atoms with Gasteiger partial charge in [0.2, 0.25) is 0 Å². The number of phosphoric ester groups is 1. The molecule has 0 spiro atoms. The highest BCUT2D eigenvalue weighted by Gasteiger charge is 2.47. The van der Waals surface area contributed by atoms with Gasteiger partial charge in [-0.25, -0.2) is 23.7 Å². The second-order valence-corrected chi connectivity index (χ2v) is 11.5. The molecule has 19 nitrogen and oxygen atoms in total. The molecule has 1 saturated heterocycles. The fourth-order valence-corrected chi connectivity index (χ4v) is 6.27. The van der Waals surface area contributed by atoms with Gasteiger partial charge in [0.05, 0.1) is 17.6 Å². The number of phosphoric acid groups is 3. The van der Waals surface area contributed by atoms with E-state index < -0.39 is 60.5 Å². The molecule has 3 rings (SSSR count). The predicted octanol–water partition coefficient (Wildman–Crippen LogP) is -1.62. The number of aliphatic hydroxyl groups excluding tert-OH is 2. The molecule has 2 unspecified atom stereocenters. The zero-order chi connectivity index (χ0) is 26.5. The number of carbonyl (C=O) groups excluding carboxylic acids is 1. The summed E-state index contributed by atoms with van der Waals surface area (Å²) in [5, 5.41) is 20.8. The van der Waals surface area contributed by atoms with Crippen LogP contribution in [0.4, 0.5) is 5.82 Å². The Hall–Kier alpha value is -1.82. The molecule has 2 aromatic heterocycles. The number of ether oxygens (including phenoxy) is 1. The monoisotopic (exact) mass is 563 g/mol. The van der Waals surface area contributed by atoms with E-state index >= 15 is 0 Å². The predicted molar refractivity (Wildman–Crippen MR) is 111 cm³/mol. The van der Waals surface area contributed by atoms with Crippen molar-refractivity contribution >= 4 is 46.2 Å². The molecule has 1 aliphatic rings. The largest absolute Gasteiger partial charge is 0.490 e. The summed E-state index contributed by atoms with van der Waals surface area (Å²) < 4.78 is 52.2. The average molecular weight is 563 g/mol. The van der Waals surface area contributed by atoms with Crippen molar-refractivity contribution in [3.8, 4) is 0 Å². The summed E-state index contributed by atoms with van der Waals surface area (Å²) in [6.45, 7) is 0.458. The van der Waals surface area contributed by atoms with Crippen LogP contribution in [0.5, 0.6) is 0 Å². The maximum Gasteiger partial charge on any atom is 0.490 e. The van der Waals surface area contributed by atoms with E-state index in [1.54, 1.807) is 0 Å². The first-order chi connectivity index (χ1) is 15.9. The summed E-state index contributed by atoms with van der Waals surface area (Å²) in [5.41, 5.74) is 11.1. The highest BCUT2D eigenvalue weighted by atomic mass is 31.3. The third-order valence-electron chi connectivity index (χ3n) is 4.51. The van der Waals surface area contributed by atoms with Crippen molar-refractivity contribution in [1.29, 1.82) is 0 Å². The number of nitrogens with zero attached hydrogens (tertiary/aromatic N) is 3. The molecule has 1 aliphatic heterocycles. The van der Waals surface area contributed by atoms with Crippen molar-refractivity contribution in [3.05, 3.63) is 17.6 Å². The third kappa shape index (κ3) is 6.31. The average Bonchev–Trinajstić information content (AvgIpc) is 3.16. The van der Waals surface area contributed by atoms with E-state index in [0.717, 1.165) is 10.8 Å². The van der Waals surface area contributed by atoms with E-state index in [1.807, 2.05) is 0 Å². The number of hydrogen-bond acceptors (Lipinski definition) is 13. The summed E-state index contributed by atoms with van der Waals surface area (Å²) >= 11 is 0. The molecule has 6 atom stereocenters. The van der Waals surface area contributed by atoms with Crippen LogP contribution in [0.3, 0.4) is 0 Å². The maximum absolute atomic E-state index is 11.9. The van der Waals surface area contributed by atoms with Gasteiger partial charge in [-0.1, -0.05) is 0 Å². The Kier molecular flexibility index (Phi) is 7.59. The van der Waals surface area contributed by atoms with Gasteiger partial charge in [0.25, 0.3) is 5.91 Å². The molecule has 2 aromatic rings. The Morgan fingerprint density at radius 1 is 1.11 bits per heavy atom. The molecule has 10 N–H and O–H groups in total. The highest BCUT2D eigenvalue weighted by Crippen LogP contribution is 2.66. The van der Waals surface area contributed by atoms with Crippen LogP contribution in [-0.2, 0) is 31.6 Å². The van der Waals surface area contributed by atoms with Crippen molar-refractivity contribution in [2.75, 3.05) is 12.3 Å². The molecule has 1 amide bonds. The first kappa shape index (κ1) is 27.8. The van der Waals surface area contributed by atoms with Gasteiger partial charge in [-0.05, 0) is 6.92 Å². The first-order valence-corrected chi connectivity index (χ1v) is 13.7. The minimum atomic E-state index is -5.76. The fourth-order valence-electron chi connectivity index (χ4n) is 3.24. The van der Waals surface area contributed by atoms with E-state index in [4.69, 9.17) is 26.0 Å². The smallest absolute Gasteiger partial charge is 0.387 e. The second kappa shape index (κ2) is 9.57. The lowest BCUT2D eigenvalue weighted by atomic mass is 10.1. The van der Waals surface area contributed by atoms with Crippen LogP contribution in [0, 0.1) is 6.92 Å². The molecule has 0 aromatic carbocycles. The Bertz CT molecular complexity index is 1290. The van der Waals surface area contributed by atoms with Crippen molar-refractivity contribution < 1.29 is 66.2 Å². The van der Waals surface area contributed by atoms with E-state index in [2.05, 4.69) is 23.1 Å². The van der Waals surface area contributed by atoms with Gasteiger partial charge in [-0.15, -0.1) is 0 Å². The lowest BCUT2D eigenvalue weighted by molar-refractivity contribution is -0.0501. The Morgan fingerprint density at radius 2 is 1.74 bits per heavy atom. The van der Waals surface area contributed by atoms with Gasteiger partial charge in [0.1, 0.15) is 35.6 Å². The minimum absolute atomic E-state index is 0.00795. The Balaban J connectivity index is 1.82. The van der Waals surface area contributed by atoms with Crippen molar-refractivity contribution in [1.82, 2.24) is 14.5 Å². The van der Waals surface area contributed by atoms with Gasteiger partial charge in [0.15, 0.2) is 6.23 Å². The van der Waals surface area contributed by atoms with Crippen molar-refractivity contribution in [2.24, 2.45) is 5.73 Å². The summed E-state index contributed by atoms with van der Waals surface area (Å²) in [7, 11) is -16.9. The number of aryl methyl sites for hydroxylation is 1. The quantitative estimate of drug-likeness (QED) is 0.159. The fraction of sp³-hybridized carbons (Fsp3) is 0.462. The van der Waals surface area contributed by atoms with Crippen LogP contribution < -0.4 is 11.5 Å². The molecular formula is C13H20N5O14P3. The highest BCUT2D eigenvalue weighted by molar-refractivity contribution is 7.66. The Morgan fingerprint density at radius 3 is 2.31 bits per heavy atom. The summed E-state index contributed by atoms with van der Waals surface area (Å²) in [5.74, 6) is -0.829. The van der Waals surface area contributed by atoms with E-state index in [0.29, 0.717) is 0 Å². The summed E-state index contributed by atoms with van der Waals surface area (Å²) in [6.07, 6.45) is -5.37. The van der Waals surface area contributed by atoms with Gasteiger partial charge in [-0.3, -0.25) is 9.32 Å². The standard InChI is InChI=1S/C13H20N5O14P3/c1-4-16-10(14)7-5(11(15)21)2-18(12(7)17-4)13-9(20)8(19)6(30-13)3-29-34(25,26)32-35(27,28)31-33(22,23)24/h2,6,8-9,13,19-20H,3H2,1H3,(H2,15,21)(H,25,26)(H,27,28)(H2,14,16,17)(H2,22,23,24)/t6-,8-,9-,13-/m1/s1. The summed E-state index contributed by atoms with van der Waals surface area (Å²) in [4.78, 5) is 55.8. The molecule has 1 fully saturated rings. The summed E-state index contributed by atoms with van der Waals surface area (Å²) in [6, 6.07) is 0. The topological polar surface area (TPSA) is 309 Å². The van der Waals surface area contributed by atoms with Crippen molar-refractivity contribution in [3.63, 3.8) is 0 Å². The number of carbonyl (C=O) groups is 1. The third-order valence-corrected chi connectivity index (χ3v) is 8.31. The lowest BCUT2D eigenvalue weighted by Gasteiger charge is -2.19. The number of aromatic nitrogens is 3. The molecule has 3 heterocycles. The van der Waals surface area contributed by atoms with Crippen LogP contribution in [0.25, 0.3) is 11.0 Å². The number of rotatable bonds is 9. The van der Waals surface area contributed by atoms with Crippen LogP contribution in [-0.4, -0.2) is 75.1 Å². The van der Waals surface area contributed by atoms with Crippen LogP contribution >= 0.6 is 23.5 Å². The van der Waals surface area contributed by atoms with Gasteiger partial charge < -0.3 is 50.6 Å². The van der Waals surface area contributed by atoms with E-state index in [-0.39, 0.29) is 28.2 Å².